The van der Waals surface area contributed by atoms with Gasteiger partial charge in [-0.25, -0.2) is 0 Å². The second-order valence-corrected chi connectivity index (χ2v) is 6.61. The van der Waals surface area contributed by atoms with E-state index in [4.69, 9.17) is 0 Å². The van der Waals surface area contributed by atoms with Gasteiger partial charge in [0.2, 0.25) is 5.91 Å². The van der Waals surface area contributed by atoms with Gasteiger partial charge in [0.05, 0.1) is 10.5 Å². The molecule has 1 aromatic heterocycles. The lowest BCUT2D eigenvalue weighted by molar-refractivity contribution is -0.133. The number of aliphatic hydroxyl groups is 1. The molecule has 0 spiro atoms. The molecule has 0 atom stereocenters. The summed E-state index contributed by atoms with van der Waals surface area (Å²) in [4.78, 5) is 25.9. The van der Waals surface area contributed by atoms with Crippen molar-refractivity contribution in [1.29, 1.82) is 0 Å². The molecule has 0 bridgehead atoms. The molecular weight excluding hydrogens is 288 g/mol. The zero-order valence-corrected chi connectivity index (χ0v) is 13.1. The second-order valence-electron chi connectivity index (χ2n) is 5.66. The minimum atomic E-state index is -0.718. The normalized spacial score (nSPS) is 16.7. The monoisotopic (exact) mass is 310 g/mol. The first-order valence-electron chi connectivity index (χ1n) is 7.28. The lowest BCUT2D eigenvalue weighted by Crippen LogP contribution is -2.42. The van der Waals surface area contributed by atoms with Gasteiger partial charge in [-0.2, -0.15) is 0 Å². The smallest absolute Gasteiger partial charge is 0.261 e. The maximum Gasteiger partial charge on any atom is 0.261 e. The van der Waals surface area contributed by atoms with E-state index in [0.29, 0.717) is 18.0 Å². The van der Waals surface area contributed by atoms with E-state index >= 15 is 0 Å². The predicted molar refractivity (Wildman–Crippen MR) is 82.3 cm³/mol. The molecule has 1 aromatic rings. The van der Waals surface area contributed by atoms with E-state index in [1.54, 1.807) is 18.0 Å². The minimum absolute atomic E-state index is 0.0539. The summed E-state index contributed by atoms with van der Waals surface area (Å²) in [6, 6.07) is 3.57. The summed E-state index contributed by atoms with van der Waals surface area (Å²) in [5, 5.41) is 14.9. The van der Waals surface area contributed by atoms with Crippen LogP contribution in [0.4, 0.5) is 0 Å². The van der Waals surface area contributed by atoms with Gasteiger partial charge in [0.1, 0.15) is 0 Å². The Morgan fingerprint density at radius 2 is 2.14 bits per heavy atom. The van der Waals surface area contributed by atoms with Gasteiger partial charge < -0.3 is 15.3 Å². The number of nitrogens with one attached hydrogen (secondary N) is 1. The molecule has 2 rings (SSSR count). The van der Waals surface area contributed by atoms with Crippen molar-refractivity contribution in [3.63, 3.8) is 0 Å². The molecule has 21 heavy (non-hydrogen) atoms. The maximum absolute atomic E-state index is 12.0. The molecule has 6 heteroatoms. The van der Waals surface area contributed by atoms with Crippen LogP contribution in [0.3, 0.4) is 0 Å². The number of hydrogen-bond donors (Lipinski definition) is 2. The maximum atomic E-state index is 12.0. The summed E-state index contributed by atoms with van der Waals surface area (Å²) in [7, 11) is 1.71. The molecule has 0 aliphatic heterocycles. The Labute approximate surface area is 129 Å². The van der Waals surface area contributed by atoms with Crippen LogP contribution in [-0.4, -0.2) is 47.6 Å². The molecule has 5 nitrogen and oxygen atoms in total. The first-order chi connectivity index (χ1) is 10.0. The number of hydrogen-bond acceptors (Lipinski definition) is 4. The Morgan fingerprint density at radius 1 is 1.43 bits per heavy atom. The van der Waals surface area contributed by atoms with Crippen molar-refractivity contribution < 1.29 is 14.7 Å². The van der Waals surface area contributed by atoms with Crippen molar-refractivity contribution in [2.24, 2.45) is 0 Å². The summed E-state index contributed by atoms with van der Waals surface area (Å²) in [6.45, 7) is 0.697. The molecule has 2 amide bonds. The molecule has 116 valence electrons. The lowest BCUT2D eigenvalue weighted by Gasteiger charge is -2.28. The van der Waals surface area contributed by atoms with Crippen LogP contribution in [0.15, 0.2) is 17.5 Å². The zero-order chi connectivity index (χ0) is 15.3. The summed E-state index contributed by atoms with van der Waals surface area (Å²) in [5.74, 6) is -0.198. The van der Waals surface area contributed by atoms with Gasteiger partial charge in [0, 0.05) is 26.6 Å². The first kappa shape index (κ1) is 16.0. The minimum Gasteiger partial charge on any atom is -0.388 e. The second kappa shape index (κ2) is 7.04. The van der Waals surface area contributed by atoms with Crippen LogP contribution >= 0.6 is 11.3 Å². The first-order valence-corrected chi connectivity index (χ1v) is 8.16. The topological polar surface area (TPSA) is 69.6 Å². The average Bonchev–Trinajstić information content (AvgIpc) is 3.09. The number of likely N-dealkylation sites (N-methyl/N-ethyl adjacent to an activating group) is 1. The molecule has 0 radical (unpaired) electrons. The van der Waals surface area contributed by atoms with Gasteiger partial charge in [0.25, 0.3) is 5.91 Å². The van der Waals surface area contributed by atoms with Crippen molar-refractivity contribution in [2.45, 2.75) is 37.7 Å². The Kier molecular flexibility index (Phi) is 5.36. The van der Waals surface area contributed by atoms with Crippen LogP contribution in [0.25, 0.3) is 0 Å². The van der Waals surface area contributed by atoms with E-state index in [1.165, 1.54) is 11.3 Å². The SMILES string of the molecule is CN(CC1(O)CCCC1)C(=O)CCNC(=O)c1cccs1. The van der Waals surface area contributed by atoms with Crippen molar-refractivity contribution in [2.75, 3.05) is 20.1 Å². The van der Waals surface area contributed by atoms with E-state index < -0.39 is 5.60 Å². The Morgan fingerprint density at radius 3 is 2.76 bits per heavy atom. The van der Waals surface area contributed by atoms with Gasteiger partial charge in [-0.05, 0) is 24.3 Å². The average molecular weight is 310 g/mol. The molecule has 2 N–H and O–H groups in total. The third-order valence-electron chi connectivity index (χ3n) is 3.86. The van der Waals surface area contributed by atoms with Crippen LogP contribution < -0.4 is 5.32 Å². The Hall–Kier alpha value is -1.40. The van der Waals surface area contributed by atoms with Crippen LogP contribution in [0, 0.1) is 0 Å². The van der Waals surface area contributed by atoms with Gasteiger partial charge in [0.15, 0.2) is 0 Å². The van der Waals surface area contributed by atoms with Crippen LogP contribution in [0.2, 0.25) is 0 Å². The summed E-state index contributed by atoms with van der Waals surface area (Å²) >= 11 is 1.38. The molecule has 1 saturated carbocycles. The summed E-state index contributed by atoms with van der Waals surface area (Å²) in [5.41, 5.74) is -0.718. The van der Waals surface area contributed by atoms with Gasteiger partial charge in [-0.1, -0.05) is 18.9 Å². The summed E-state index contributed by atoms with van der Waals surface area (Å²) in [6.07, 6.45) is 3.83. The van der Waals surface area contributed by atoms with E-state index in [2.05, 4.69) is 5.32 Å². The van der Waals surface area contributed by atoms with Crippen LogP contribution in [0.5, 0.6) is 0 Å². The van der Waals surface area contributed by atoms with E-state index in [9.17, 15) is 14.7 Å². The molecule has 1 aliphatic carbocycles. The molecule has 1 aliphatic rings. The lowest BCUT2D eigenvalue weighted by atomic mass is 10.0. The summed E-state index contributed by atoms with van der Waals surface area (Å²) < 4.78 is 0. The number of amides is 2. The molecule has 0 aromatic carbocycles. The van der Waals surface area contributed by atoms with Gasteiger partial charge in [-0.3, -0.25) is 9.59 Å². The Bertz CT molecular complexity index is 481. The number of carbonyl (C=O) groups excluding carboxylic acids is 2. The standard InChI is InChI=1S/C15H22N2O3S/c1-17(11-15(20)7-2-3-8-15)13(18)6-9-16-14(19)12-5-4-10-21-12/h4-5,10,20H,2-3,6-9,11H2,1H3,(H,16,19). The van der Waals surface area contributed by atoms with Crippen LogP contribution in [-0.2, 0) is 4.79 Å². The quantitative estimate of drug-likeness (QED) is 0.839. The largest absolute Gasteiger partial charge is 0.388 e. The number of nitrogens with zero attached hydrogens (tertiary/aromatic N) is 1. The highest BCUT2D eigenvalue weighted by Gasteiger charge is 2.33. The van der Waals surface area contributed by atoms with Gasteiger partial charge in [-0.15, -0.1) is 11.3 Å². The Balaban J connectivity index is 1.70. The third-order valence-corrected chi connectivity index (χ3v) is 4.73. The van der Waals surface area contributed by atoms with Crippen molar-refractivity contribution in [1.82, 2.24) is 10.2 Å². The number of rotatable bonds is 6. The third kappa shape index (κ3) is 4.54. The fourth-order valence-electron chi connectivity index (χ4n) is 2.69. The molecule has 1 fully saturated rings. The molecular formula is C15H22N2O3S. The van der Waals surface area contributed by atoms with Crippen molar-refractivity contribution in [3.05, 3.63) is 22.4 Å². The van der Waals surface area contributed by atoms with Gasteiger partial charge >= 0.3 is 0 Å². The van der Waals surface area contributed by atoms with E-state index in [0.717, 1.165) is 25.7 Å². The molecule has 1 heterocycles. The molecule has 0 unspecified atom stereocenters. The predicted octanol–water partition coefficient (Wildman–Crippen LogP) is 1.63. The highest BCUT2D eigenvalue weighted by Crippen LogP contribution is 2.29. The van der Waals surface area contributed by atoms with Crippen LogP contribution in [0.1, 0.15) is 41.8 Å². The fraction of sp³-hybridized carbons (Fsp3) is 0.600. The van der Waals surface area contributed by atoms with Crippen molar-refractivity contribution in [3.8, 4) is 0 Å². The number of thiophene rings is 1. The van der Waals surface area contributed by atoms with E-state index in [-0.39, 0.29) is 18.2 Å². The fourth-order valence-corrected chi connectivity index (χ4v) is 3.33. The highest BCUT2D eigenvalue weighted by atomic mass is 32.1. The number of carbonyl (C=O) groups is 2. The highest BCUT2D eigenvalue weighted by molar-refractivity contribution is 7.12. The zero-order valence-electron chi connectivity index (χ0n) is 12.3. The van der Waals surface area contributed by atoms with Crippen molar-refractivity contribution >= 4 is 23.2 Å². The van der Waals surface area contributed by atoms with E-state index in [1.807, 2.05) is 11.4 Å². The molecule has 0 saturated heterocycles.